The third kappa shape index (κ3) is 3.44. The number of aryl methyl sites for hydroxylation is 1. The minimum atomic E-state index is -0.150. The van der Waals surface area contributed by atoms with Gasteiger partial charge in [-0.25, -0.2) is 4.98 Å². The first-order valence-electron chi connectivity index (χ1n) is 8.45. The number of ether oxygens (including phenoxy) is 1. The SMILES string of the molecule is Cc1nccc(OC2CCN(C(=O)c3cc(-c4ccco4)on3)CC2)n1. The number of amides is 1. The lowest BCUT2D eigenvalue weighted by Gasteiger charge is -2.31. The van der Waals surface area contributed by atoms with Crippen LogP contribution in [0.2, 0.25) is 0 Å². The molecule has 1 saturated heterocycles. The summed E-state index contributed by atoms with van der Waals surface area (Å²) in [5, 5.41) is 3.87. The van der Waals surface area contributed by atoms with Crippen LogP contribution in [-0.2, 0) is 0 Å². The van der Waals surface area contributed by atoms with E-state index in [1.807, 2.05) is 6.92 Å². The zero-order valence-corrected chi connectivity index (χ0v) is 14.3. The Morgan fingerprint density at radius 2 is 2.12 bits per heavy atom. The molecule has 1 aliphatic heterocycles. The Morgan fingerprint density at radius 3 is 2.85 bits per heavy atom. The summed E-state index contributed by atoms with van der Waals surface area (Å²) >= 11 is 0. The smallest absolute Gasteiger partial charge is 0.276 e. The van der Waals surface area contributed by atoms with Gasteiger partial charge < -0.3 is 18.6 Å². The minimum absolute atomic E-state index is 0.0318. The predicted octanol–water partition coefficient (Wildman–Crippen LogP) is 2.72. The molecule has 4 heterocycles. The van der Waals surface area contributed by atoms with E-state index in [0.717, 1.165) is 12.8 Å². The van der Waals surface area contributed by atoms with Crippen molar-refractivity contribution in [1.29, 1.82) is 0 Å². The van der Waals surface area contributed by atoms with Crippen LogP contribution in [0.5, 0.6) is 5.88 Å². The van der Waals surface area contributed by atoms with Crippen molar-refractivity contribution in [3.63, 3.8) is 0 Å². The lowest BCUT2D eigenvalue weighted by molar-refractivity contribution is 0.0578. The molecule has 0 unspecified atom stereocenters. The van der Waals surface area contributed by atoms with Gasteiger partial charge in [-0.05, 0) is 19.1 Å². The van der Waals surface area contributed by atoms with Crippen molar-refractivity contribution in [3.05, 3.63) is 48.2 Å². The van der Waals surface area contributed by atoms with E-state index in [0.29, 0.717) is 36.3 Å². The Morgan fingerprint density at radius 1 is 1.27 bits per heavy atom. The van der Waals surface area contributed by atoms with Gasteiger partial charge in [-0.3, -0.25) is 4.79 Å². The molecule has 0 radical (unpaired) electrons. The maximum absolute atomic E-state index is 12.6. The summed E-state index contributed by atoms with van der Waals surface area (Å²) in [5.41, 5.74) is 0.280. The molecule has 1 fully saturated rings. The molecule has 3 aromatic heterocycles. The molecule has 8 heteroatoms. The number of hydrogen-bond donors (Lipinski definition) is 0. The van der Waals surface area contributed by atoms with Crippen LogP contribution >= 0.6 is 0 Å². The molecular weight excluding hydrogens is 336 g/mol. The number of nitrogens with zero attached hydrogens (tertiary/aromatic N) is 4. The molecule has 1 amide bonds. The second kappa shape index (κ2) is 6.99. The first kappa shape index (κ1) is 16.3. The molecule has 4 rings (SSSR count). The quantitative estimate of drug-likeness (QED) is 0.711. The Kier molecular flexibility index (Phi) is 4.39. The van der Waals surface area contributed by atoms with Crippen molar-refractivity contribution >= 4 is 5.91 Å². The van der Waals surface area contributed by atoms with Crippen molar-refractivity contribution < 1.29 is 18.5 Å². The van der Waals surface area contributed by atoms with Crippen LogP contribution in [0.3, 0.4) is 0 Å². The minimum Gasteiger partial charge on any atom is -0.474 e. The van der Waals surface area contributed by atoms with Crippen molar-refractivity contribution in [2.75, 3.05) is 13.1 Å². The van der Waals surface area contributed by atoms with Gasteiger partial charge in [0.15, 0.2) is 11.5 Å². The van der Waals surface area contributed by atoms with E-state index in [4.69, 9.17) is 13.7 Å². The fraction of sp³-hybridized carbons (Fsp3) is 0.333. The molecule has 0 spiro atoms. The van der Waals surface area contributed by atoms with Crippen LogP contribution in [-0.4, -0.2) is 45.1 Å². The van der Waals surface area contributed by atoms with Crippen LogP contribution in [0.4, 0.5) is 0 Å². The van der Waals surface area contributed by atoms with E-state index in [9.17, 15) is 4.79 Å². The van der Waals surface area contributed by atoms with Crippen LogP contribution < -0.4 is 4.74 Å². The summed E-state index contributed by atoms with van der Waals surface area (Å²) in [6.45, 7) is 3.01. The Bertz CT molecular complexity index is 882. The lowest BCUT2D eigenvalue weighted by Crippen LogP contribution is -2.42. The van der Waals surface area contributed by atoms with Gasteiger partial charge >= 0.3 is 0 Å². The van der Waals surface area contributed by atoms with E-state index in [2.05, 4.69) is 15.1 Å². The fourth-order valence-electron chi connectivity index (χ4n) is 2.92. The topological polar surface area (TPSA) is 94.5 Å². The number of carbonyl (C=O) groups is 1. The Labute approximate surface area is 149 Å². The number of hydrogen-bond acceptors (Lipinski definition) is 7. The lowest BCUT2D eigenvalue weighted by atomic mass is 10.1. The van der Waals surface area contributed by atoms with E-state index in [1.165, 1.54) is 0 Å². The molecule has 0 N–H and O–H groups in total. The van der Waals surface area contributed by atoms with Gasteiger partial charge in [0, 0.05) is 44.3 Å². The Balaban J connectivity index is 1.35. The number of aromatic nitrogens is 3. The van der Waals surface area contributed by atoms with Crippen LogP contribution in [0.1, 0.15) is 29.2 Å². The Hall–Kier alpha value is -3.16. The highest BCUT2D eigenvalue weighted by Crippen LogP contribution is 2.23. The van der Waals surface area contributed by atoms with Crippen molar-refractivity contribution in [1.82, 2.24) is 20.0 Å². The van der Waals surface area contributed by atoms with Crippen LogP contribution in [0.25, 0.3) is 11.5 Å². The van der Waals surface area contributed by atoms with Crippen LogP contribution in [0.15, 0.2) is 45.7 Å². The van der Waals surface area contributed by atoms with Gasteiger partial charge in [0.2, 0.25) is 11.6 Å². The highest BCUT2D eigenvalue weighted by Gasteiger charge is 2.27. The summed E-state index contributed by atoms with van der Waals surface area (Å²) in [6, 6.07) is 6.86. The third-order valence-electron chi connectivity index (χ3n) is 4.26. The number of rotatable bonds is 4. The van der Waals surface area contributed by atoms with Gasteiger partial charge in [0.1, 0.15) is 11.9 Å². The standard InChI is InChI=1S/C18H18N4O4/c1-12-19-7-4-17(20-12)25-13-5-8-22(9-6-13)18(23)14-11-16(26-21-14)15-3-2-10-24-15/h2-4,7,10-11,13H,5-6,8-9H2,1H3. The molecule has 0 bridgehead atoms. The molecule has 0 saturated carbocycles. The third-order valence-corrected chi connectivity index (χ3v) is 4.26. The average Bonchev–Trinajstić information content (AvgIpc) is 3.33. The monoisotopic (exact) mass is 354 g/mol. The van der Waals surface area contributed by atoms with E-state index < -0.39 is 0 Å². The average molecular weight is 354 g/mol. The van der Waals surface area contributed by atoms with Crippen molar-refractivity contribution in [2.24, 2.45) is 0 Å². The summed E-state index contributed by atoms with van der Waals surface area (Å²) in [6.07, 6.45) is 4.72. The van der Waals surface area contributed by atoms with Gasteiger partial charge in [0.05, 0.1) is 6.26 Å². The number of furan rings is 1. The summed E-state index contributed by atoms with van der Waals surface area (Å²) < 4.78 is 16.3. The maximum Gasteiger partial charge on any atom is 0.276 e. The highest BCUT2D eigenvalue weighted by atomic mass is 16.5. The zero-order chi connectivity index (χ0) is 17.9. The van der Waals surface area contributed by atoms with E-state index in [-0.39, 0.29) is 17.7 Å². The van der Waals surface area contributed by atoms with Crippen molar-refractivity contribution in [3.8, 4) is 17.4 Å². The molecule has 0 aromatic carbocycles. The first-order valence-corrected chi connectivity index (χ1v) is 8.45. The normalized spacial score (nSPS) is 15.2. The highest BCUT2D eigenvalue weighted by molar-refractivity contribution is 5.93. The van der Waals surface area contributed by atoms with Gasteiger partial charge in [-0.1, -0.05) is 5.16 Å². The van der Waals surface area contributed by atoms with Gasteiger partial charge in [0.25, 0.3) is 5.91 Å². The molecule has 26 heavy (non-hydrogen) atoms. The van der Waals surface area contributed by atoms with Gasteiger partial charge in [-0.15, -0.1) is 0 Å². The molecule has 8 nitrogen and oxygen atoms in total. The molecular formula is C18H18N4O4. The summed E-state index contributed by atoms with van der Waals surface area (Å²) in [7, 11) is 0. The second-order valence-corrected chi connectivity index (χ2v) is 6.11. The number of carbonyl (C=O) groups excluding carboxylic acids is 1. The van der Waals surface area contributed by atoms with Crippen LogP contribution in [0, 0.1) is 6.92 Å². The van der Waals surface area contributed by atoms with Crippen molar-refractivity contribution in [2.45, 2.75) is 25.9 Å². The van der Waals surface area contributed by atoms with Gasteiger partial charge in [-0.2, -0.15) is 4.98 Å². The molecule has 0 aliphatic carbocycles. The first-order chi connectivity index (χ1) is 12.7. The maximum atomic E-state index is 12.6. The fourth-order valence-corrected chi connectivity index (χ4v) is 2.92. The number of likely N-dealkylation sites (tertiary alicyclic amines) is 1. The summed E-state index contributed by atoms with van der Waals surface area (Å²) in [4.78, 5) is 22.7. The largest absolute Gasteiger partial charge is 0.474 e. The molecule has 134 valence electrons. The van der Waals surface area contributed by atoms with E-state index in [1.54, 1.807) is 41.6 Å². The molecule has 3 aromatic rings. The predicted molar refractivity (Wildman–Crippen MR) is 90.5 cm³/mol. The van der Waals surface area contributed by atoms with E-state index >= 15 is 0 Å². The second-order valence-electron chi connectivity index (χ2n) is 6.11. The summed E-state index contributed by atoms with van der Waals surface area (Å²) in [5.74, 6) is 2.08. The zero-order valence-electron chi connectivity index (χ0n) is 14.3. The molecule has 1 aliphatic rings. The number of piperidine rings is 1. The molecule has 0 atom stereocenters.